The molecule has 0 aliphatic carbocycles. The highest BCUT2D eigenvalue weighted by Gasteiger charge is 2.30. The molecule has 0 heterocycles. The number of aliphatic carboxylic acids is 1. The molecule has 4 nitrogen and oxygen atoms in total. The molecule has 0 aliphatic heterocycles. The predicted molar refractivity (Wildman–Crippen MR) is 65.1 cm³/mol. The third kappa shape index (κ3) is 3.61. The van der Waals surface area contributed by atoms with Crippen molar-refractivity contribution >= 4 is 43.8 Å². The van der Waals surface area contributed by atoms with Crippen LogP contribution >= 0.6 is 31.9 Å². The lowest BCUT2D eigenvalue weighted by Gasteiger charge is -2.11. The second kappa shape index (κ2) is 6.00. The largest absolute Gasteiger partial charge is 0.480 e. The Bertz CT molecular complexity index is 380. The molecule has 1 aromatic rings. The highest BCUT2D eigenvalue weighted by Crippen LogP contribution is 2.18. The Balaban J connectivity index is 2.63. The molecule has 2 unspecified atom stereocenters. The molecular weight excluding hydrogens is 344 g/mol. The summed E-state index contributed by atoms with van der Waals surface area (Å²) in [4.78, 5) is 20.1. The zero-order valence-corrected chi connectivity index (χ0v) is 11.1. The summed E-state index contributed by atoms with van der Waals surface area (Å²) < 4.78 is 4.97. The van der Waals surface area contributed by atoms with E-state index in [0.717, 1.165) is 0 Å². The smallest absolute Gasteiger partial charge is 0.326 e. The number of ether oxygens (including phenoxy) is 1. The molecule has 1 aromatic carbocycles. The minimum atomic E-state index is -1.13. The number of carbonyl (C=O) groups excluding carboxylic acids is 1. The number of carboxylic acids is 1. The van der Waals surface area contributed by atoms with Crippen LogP contribution < -0.4 is 4.74 Å². The van der Waals surface area contributed by atoms with Crippen molar-refractivity contribution in [2.75, 3.05) is 0 Å². The minimum absolute atomic E-state index is 0.377. The quantitative estimate of drug-likeness (QED) is 0.513. The van der Waals surface area contributed by atoms with Crippen LogP contribution in [0.25, 0.3) is 0 Å². The van der Waals surface area contributed by atoms with Crippen molar-refractivity contribution in [3.05, 3.63) is 30.3 Å². The fourth-order valence-corrected chi connectivity index (χ4v) is 1.44. The van der Waals surface area contributed by atoms with Gasteiger partial charge in [0.1, 0.15) is 15.4 Å². The number of carboxylic acid groups (broad SMARTS) is 1. The average molecular weight is 352 g/mol. The third-order valence-corrected chi connectivity index (χ3v) is 4.21. The lowest BCUT2D eigenvalue weighted by Crippen LogP contribution is -2.33. The van der Waals surface area contributed by atoms with Crippen molar-refractivity contribution in [2.45, 2.75) is 9.65 Å². The number of halogens is 2. The van der Waals surface area contributed by atoms with Crippen molar-refractivity contribution in [1.82, 2.24) is 0 Å². The number of esters is 1. The monoisotopic (exact) mass is 350 g/mol. The second-order valence-corrected chi connectivity index (χ2v) is 4.85. The van der Waals surface area contributed by atoms with E-state index in [1.54, 1.807) is 30.3 Å². The van der Waals surface area contributed by atoms with E-state index < -0.39 is 21.6 Å². The molecule has 1 rings (SSSR count). The summed E-state index contributed by atoms with van der Waals surface area (Å²) in [7, 11) is 0. The van der Waals surface area contributed by atoms with E-state index in [-0.39, 0.29) is 0 Å². The van der Waals surface area contributed by atoms with Gasteiger partial charge in [0.05, 0.1) is 0 Å². The van der Waals surface area contributed by atoms with Gasteiger partial charge in [-0.15, -0.1) is 0 Å². The van der Waals surface area contributed by atoms with Gasteiger partial charge in [0.15, 0.2) is 0 Å². The van der Waals surface area contributed by atoms with Crippen molar-refractivity contribution in [2.24, 2.45) is 0 Å². The second-order valence-electron chi connectivity index (χ2n) is 2.88. The molecule has 0 bridgehead atoms. The molecule has 6 heteroatoms. The van der Waals surface area contributed by atoms with Gasteiger partial charge in [0.2, 0.25) is 0 Å². The minimum Gasteiger partial charge on any atom is -0.480 e. The highest BCUT2D eigenvalue weighted by atomic mass is 79.9. The molecule has 1 N–H and O–H groups in total. The Kier molecular flexibility index (Phi) is 4.95. The first-order chi connectivity index (χ1) is 7.52. The number of rotatable bonds is 4. The normalized spacial score (nSPS) is 13.9. The summed E-state index contributed by atoms with van der Waals surface area (Å²) in [5.41, 5.74) is 0. The van der Waals surface area contributed by atoms with E-state index in [1.807, 2.05) is 0 Å². The number of benzene rings is 1. The van der Waals surface area contributed by atoms with E-state index in [9.17, 15) is 9.59 Å². The van der Waals surface area contributed by atoms with Gasteiger partial charge in [-0.2, -0.15) is 0 Å². The molecule has 2 atom stereocenters. The van der Waals surface area contributed by atoms with E-state index in [4.69, 9.17) is 9.84 Å². The maximum atomic E-state index is 11.5. The van der Waals surface area contributed by atoms with E-state index >= 15 is 0 Å². The SMILES string of the molecule is O=C(O)C(Br)C(Br)C(=O)Oc1ccccc1. The van der Waals surface area contributed by atoms with Crippen LogP contribution in [0.3, 0.4) is 0 Å². The summed E-state index contributed by atoms with van der Waals surface area (Å²) in [6.45, 7) is 0. The Morgan fingerprint density at radius 1 is 1.12 bits per heavy atom. The van der Waals surface area contributed by atoms with Crippen LogP contribution in [0, 0.1) is 0 Å². The summed E-state index contributed by atoms with van der Waals surface area (Å²) in [6.07, 6.45) is 0. The van der Waals surface area contributed by atoms with Gasteiger partial charge >= 0.3 is 11.9 Å². The van der Waals surface area contributed by atoms with Crippen LogP contribution in [0.15, 0.2) is 30.3 Å². The average Bonchev–Trinajstić information content (AvgIpc) is 2.28. The van der Waals surface area contributed by atoms with E-state index in [1.165, 1.54) is 0 Å². The lowest BCUT2D eigenvalue weighted by molar-refractivity contribution is -0.140. The summed E-state index contributed by atoms with van der Waals surface area (Å²) in [5, 5.41) is 8.68. The van der Waals surface area contributed by atoms with Crippen molar-refractivity contribution < 1.29 is 19.4 Å². The Labute approximate surface area is 109 Å². The van der Waals surface area contributed by atoms with Crippen molar-refractivity contribution in [3.63, 3.8) is 0 Å². The maximum absolute atomic E-state index is 11.5. The fourth-order valence-electron chi connectivity index (χ4n) is 0.906. The Hall–Kier alpha value is -0.880. The summed E-state index contributed by atoms with van der Waals surface area (Å²) >= 11 is 5.84. The molecule has 0 aliphatic rings. The van der Waals surface area contributed by atoms with E-state index in [0.29, 0.717) is 5.75 Å². The lowest BCUT2D eigenvalue weighted by atomic mass is 10.3. The maximum Gasteiger partial charge on any atom is 0.326 e. The van der Waals surface area contributed by atoms with Crippen molar-refractivity contribution in [1.29, 1.82) is 0 Å². The van der Waals surface area contributed by atoms with Gasteiger partial charge in [-0.1, -0.05) is 50.1 Å². The zero-order chi connectivity index (χ0) is 12.1. The number of carbonyl (C=O) groups is 2. The Morgan fingerprint density at radius 3 is 2.19 bits per heavy atom. The summed E-state index contributed by atoms with van der Waals surface area (Å²) in [5.74, 6) is -1.41. The molecule has 0 saturated heterocycles. The first-order valence-electron chi connectivity index (χ1n) is 4.30. The van der Waals surface area contributed by atoms with Crippen molar-refractivity contribution in [3.8, 4) is 5.75 Å². The third-order valence-electron chi connectivity index (χ3n) is 1.68. The predicted octanol–water partition coefficient (Wildman–Crippen LogP) is 2.20. The molecule has 0 aromatic heterocycles. The zero-order valence-electron chi connectivity index (χ0n) is 7.97. The first-order valence-corrected chi connectivity index (χ1v) is 6.13. The van der Waals surface area contributed by atoms with Crippen LogP contribution in [0.1, 0.15) is 0 Å². The van der Waals surface area contributed by atoms with Gasteiger partial charge in [-0.05, 0) is 12.1 Å². The number of hydrogen-bond acceptors (Lipinski definition) is 3. The molecule has 0 spiro atoms. The first kappa shape index (κ1) is 13.2. The van der Waals surface area contributed by atoms with Crippen LogP contribution in [-0.2, 0) is 9.59 Å². The number of para-hydroxylation sites is 1. The standard InChI is InChI=1S/C10H8Br2O4/c11-7(9(13)14)8(12)10(15)16-6-4-2-1-3-5-6/h1-5,7-8H,(H,13,14). The molecular formula is C10H8Br2O4. The van der Waals surface area contributed by atoms with Gasteiger partial charge in [0.25, 0.3) is 0 Å². The van der Waals surface area contributed by atoms with Gasteiger partial charge < -0.3 is 9.84 Å². The number of hydrogen-bond donors (Lipinski definition) is 1. The van der Waals surface area contributed by atoms with Gasteiger partial charge in [-0.3, -0.25) is 9.59 Å². The van der Waals surface area contributed by atoms with Gasteiger partial charge in [0, 0.05) is 0 Å². The molecule has 0 fully saturated rings. The van der Waals surface area contributed by atoms with Crippen LogP contribution in [0.4, 0.5) is 0 Å². The fraction of sp³-hybridized carbons (Fsp3) is 0.200. The van der Waals surface area contributed by atoms with E-state index in [2.05, 4.69) is 31.9 Å². The number of alkyl halides is 2. The highest BCUT2D eigenvalue weighted by molar-refractivity contribution is 9.12. The Morgan fingerprint density at radius 2 is 1.69 bits per heavy atom. The molecule has 16 heavy (non-hydrogen) atoms. The van der Waals surface area contributed by atoms with Gasteiger partial charge in [-0.25, -0.2) is 0 Å². The van der Waals surface area contributed by atoms with Crippen LogP contribution in [0.2, 0.25) is 0 Å². The molecule has 0 saturated carbocycles. The summed E-state index contributed by atoms with van der Waals surface area (Å²) in [6, 6.07) is 8.44. The molecule has 86 valence electrons. The topological polar surface area (TPSA) is 63.6 Å². The molecule has 0 amide bonds. The molecule has 0 radical (unpaired) electrons. The van der Waals surface area contributed by atoms with Crippen LogP contribution in [0.5, 0.6) is 5.75 Å². The van der Waals surface area contributed by atoms with Crippen LogP contribution in [-0.4, -0.2) is 26.7 Å².